The first-order valence-corrected chi connectivity index (χ1v) is 10.1. The highest BCUT2D eigenvalue weighted by atomic mass is 16.5. The van der Waals surface area contributed by atoms with Gasteiger partial charge in [-0.1, -0.05) is 24.3 Å². The summed E-state index contributed by atoms with van der Waals surface area (Å²) in [5, 5.41) is 2.54. The van der Waals surface area contributed by atoms with Gasteiger partial charge in [0, 0.05) is 0 Å². The Labute approximate surface area is 176 Å². The van der Waals surface area contributed by atoms with Crippen LogP contribution in [0.5, 0.6) is 0 Å². The number of hydrogen-bond acceptors (Lipinski definition) is 4. The molecular formula is C26H26O4. The first-order valence-electron chi connectivity index (χ1n) is 10.1. The molecule has 0 unspecified atom stereocenters. The molecule has 3 aromatic carbocycles. The van der Waals surface area contributed by atoms with Crippen molar-refractivity contribution < 1.29 is 19.1 Å². The fraction of sp³-hybridized carbons (Fsp3) is 0.308. The Balaban J connectivity index is 2.04. The number of rotatable bonds is 2. The molecule has 0 aromatic heterocycles. The number of aryl methyl sites for hydroxylation is 2. The number of fused-ring (bicyclic) bond motifs is 3. The molecule has 1 aliphatic carbocycles. The Morgan fingerprint density at radius 1 is 0.633 bits per heavy atom. The molecule has 4 heteroatoms. The summed E-state index contributed by atoms with van der Waals surface area (Å²) in [7, 11) is 2.68. The summed E-state index contributed by atoms with van der Waals surface area (Å²) in [6.45, 7) is 8.17. The minimum atomic E-state index is -0.504. The number of hydrogen-bond donors (Lipinski definition) is 0. The van der Waals surface area contributed by atoms with Gasteiger partial charge in [0.05, 0.1) is 25.3 Å². The molecule has 0 N–H and O–H groups in total. The van der Waals surface area contributed by atoms with Gasteiger partial charge in [-0.05, 0) is 95.8 Å². The third-order valence-corrected chi connectivity index (χ3v) is 6.76. The highest BCUT2D eigenvalue weighted by Gasteiger charge is 2.32. The molecule has 1 aliphatic rings. The van der Waals surface area contributed by atoms with Gasteiger partial charge in [-0.2, -0.15) is 0 Å². The molecule has 0 aliphatic heterocycles. The van der Waals surface area contributed by atoms with Crippen LogP contribution in [0.2, 0.25) is 0 Å². The quantitative estimate of drug-likeness (QED) is 0.436. The van der Waals surface area contributed by atoms with Crippen LogP contribution in [0.25, 0.3) is 10.8 Å². The van der Waals surface area contributed by atoms with E-state index < -0.39 is 11.9 Å². The van der Waals surface area contributed by atoms with E-state index in [0.717, 1.165) is 35.1 Å². The normalized spacial score (nSPS) is 12.3. The van der Waals surface area contributed by atoms with Gasteiger partial charge < -0.3 is 9.47 Å². The predicted molar refractivity (Wildman–Crippen MR) is 118 cm³/mol. The second-order valence-corrected chi connectivity index (χ2v) is 8.05. The smallest absolute Gasteiger partial charge is 0.339 e. The highest BCUT2D eigenvalue weighted by molar-refractivity contribution is 6.06. The standard InChI is InChI=1S/C26H26O4/c1-13-17-9-7-8-10-18(17)14(2)20-12-22-16(4)24(26(28)30-6)23(25(27)29-5)15(3)21(22)11-19(13)20/h7-10H,11-12H2,1-6H3. The average Bonchev–Trinajstić information content (AvgIpc) is 2.77. The first-order chi connectivity index (χ1) is 14.3. The lowest BCUT2D eigenvalue weighted by Gasteiger charge is -2.30. The maximum atomic E-state index is 12.6. The van der Waals surface area contributed by atoms with Gasteiger partial charge in [-0.15, -0.1) is 0 Å². The number of ether oxygens (including phenoxy) is 2. The van der Waals surface area contributed by atoms with E-state index in [1.165, 1.54) is 47.2 Å². The first kappa shape index (κ1) is 20.1. The van der Waals surface area contributed by atoms with Crippen LogP contribution in [0.3, 0.4) is 0 Å². The van der Waals surface area contributed by atoms with Crippen molar-refractivity contribution in [2.24, 2.45) is 0 Å². The van der Waals surface area contributed by atoms with Gasteiger partial charge in [-0.25, -0.2) is 9.59 Å². The fourth-order valence-corrected chi connectivity index (χ4v) is 5.07. The molecule has 0 spiro atoms. The minimum Gasteiger partial charge on any atom is -0.465 e. The maximum Gasteiger partial charge on any atom is 0.339 e. The SMILES string of the molecule is COC(=O)c1c(C)c2c(c(C)c1C(=O)OC)Cc1c(c(C)c3ccccc3c1C)C2. The zero-order chi connectivity index (χ0) is 21.7. The van der Waals surface area contributed by atoms with E-state index in [1.807, 2.05) is 13.8 Å². The van der Waals surface area contributed by atoms with Gasteiger partial charge in [0.15, 0.2) is 0 Å². The molecule has 0 amide bonds. The predicted octanol–water partition coefficient (Wildman–Crippen LogP) is 5.14. The molecule has 4 nitrogen and oxygen atoms in total. The van der Waals surface area contributed by atoms with E-state index in [0.29, 0.717) is 11.1 Å². The Kier molecular flexibility index (Phi) is 4.89. The minimum absolute atomic E-state index is 0.319. The van der Waals surface area contributed by atoms with Crippen LogP contribution in [0.4, 0.5) is 0 Å². The molecule has 0 saturated heterocycles. The summed E-state index contributed by atoms with van der Waals surface area (Å²) in [5.41, 5.74) is 9.69. The van der Waals surface area contributed by atoms with Crippen molar-refractivity contribution in [2.75, 3.05) is 14.2 Å². The Bertz CT molecular complexity index is 1140. The molecule has 0 fully saturated rings. The van der Waals surface area contributed by atoms with Crippen LogP contribution in [0.15, 0.2) is 24.3 Å². The van der Waals surface area contributed by atoms with E-state index in [-0.39, 0.29) is 0 Å². The fourth-order valence-electron chi connectivity index (χ4n) is 5.07. The Hall–Kier alpha value is -3.14. The third kappa shape index (κ3) is 2.74. The van der Waals surface area contributed by atoms with Crippen molar-refractivity contribution in [3.05, 3.63) is 79.9 Å². The molecule has 0 saturated carbocycles. The summed E-state index contributed by atoms with van der Waals surface area (Å²) in [6, 6.07) is 8.49. The van der Waals surface area contributed by atoms with Gasteiger partial charge in [-0.3, -0.25) is 0 Å². The van der Waals surface area contributed by atoms with Crippen LogP contribution >= 0.6 is 0 Å². The molecule has 0 radical (unpaired) electrons. The number of methoxy groups -OCH3 is 2. The lowest BCUT2D eigenvalue weighted by Crippen LogP contribution is -2.22. The molecule has 4 rings (SSSR count). The molecule has 30 heavy (non-hydrogen) atoms. The van der Waals surface area contributed by atoms with Crippen LogP contribution < -0.4 is 0 Å². The van der Waals surface area contributed by atoms with Crippen molar-refractivity contribution in [3.63, 3.8) is 0 Å². The monoisotopic (exact) mass is 402 g/mol. The molecule has 154 valence electrons. The number of carbonyl (C=O) groups excluding carboxylic acids is 2. The van der Waals surface area contributed by atoms with E-state index in [4.69, 9.17) is 9.47 Å². The van der Waals surface area contributed by atoms with Crippen molar-refractivity contribution in [1.29, 1.82) is 0 Å². The lowest BCUT2D eigenvalue weighted by molar-refractivity contribution is 0.0553. The van der Waals surface area contributed by atoms with Crippen LogP contribution in [0.1, 0.15) is 65.2 Å². The number of carbonyl (C=O) groups is 2. The van der Waals surface area contributed by atoms with Gasteiger partial charge >= 0.3 is 11.9 Å². The van der Waals surface area contributed by atoms with Crippen LogP contribution in [-0.4, -0.2) is 26.2 Å². The molecule has 0 atom stereocenters. The van der Waals surface area contributed by atoms with E-state index in [1.54, 1.807) is 0 Å². The zero-order valence-corrected chi connectivity index (χ0v) is 18.4. The van der Waals surface area contributed by atoms with Crippen molar-refractivity contribution >= 4 is 22.7 Å². The summed E-state index contributed by atoms with van der Waals surface area (Å²) in [6.07, 6.45) is 1.47. The summed E-state index contributed by atoms with van der Waals surface area (Å²) < 4.78 is 10.0. The highest BCUT2D eigenvalue weighted by Crippen LogP contribution is 2.41. The lowest BCUT2D eigenvalue weighted by atomic mass is 9.74. The van der Waals surface area contributed by atoms with Crippen molar-refractivity contribution in [1.82, 2.24) is 0 Å². The van der Waals surface area contributed by atoms with E-state index in [2.05, 4.69) is 38.1 Å². The van der Waals surface area contributed by atoms with Gasteiger partial charge in [0.25, 0.3) is 0 Å². The number of esters is 2. The van der Waals surface area contributed by atoms with Crippen LogP contribution in [-0.2, 0) is 22.3 Å². The van der Waals surface area contributed by atoms with Crippen molar-refractivity contribution in [3.8, 4) is 0 Å². The van der Waals surface area contributed by atoms with Crippen molar-refractivity contribution in [2.45, 2.75) is 40.5 Å². The van der Waals surface area contributed by atoms with E-state index >= 15 is 0 Å². The summed E-state index contributed by atoms with van der Waals surface area (Å²) in [5.74, 6) is -1.01. The largest absolute Gasteiger partial charge is 0.465 e. The zero-order valence-electron chi connectivity index (χ0n) is 18.4. The van der Waals surface area contributed by atoms with Gasteiger partial charge in [0.1, 0.15) is 0 Å². The third-order valence-electron chi connectivity index (χ3n) is 6.76. The topological polar surface area (TPSA) is 52.6 Å². The van der Waals surface area contributed by atoms with Crippen LogP contribution in [0, 0.1) is 27.7 Å². The summed E-state index contributed by atoms with van der Waals surface area (Å²) in [4.78, 5) is 25.2. The number of benzene rings is 3. The second kappa shape index (κ2) is 7.28. The van der Waals surface area contributed by atoms with Gasteiger partial charge in [0.2, 0.25) is 0 Å². The molecular weight excluding hydrogens is 376 g/mol. The maximum absolute atomic E-state index is 12.6. The summed E-state index contributed by atoms with van der Waals surface area (Å²) >= 11 is 0. The average molecular weight is 402 g/mol. The Morgan fingerprint density at radius 3 is 1.30 bits per heavy atom. The van der Waals surface area contributed by atoms with E-state index in [9.17, 15) is 9.59 Å². The Morgan fingerprint density at radius 2 is 0.967 bits per heavy atom. The molecule has 3 aromatic rings. The second-order valence-electron chi connectivity index (χ2n) is 8.05. The molecule has 0 heterocycles. The molecule has 0 bridgehead atoms.